The molecule has 0 spiro atoms. The molecule has 110 valence electrons. The summed E-state index contributed by atoms with van der Waals surface area (Å²) in [6.45, 7) is 5.83. The lowest BCUT2D eigenvalue weighted by molar-refractivity contribution is 0.0486. The van der Waals surface area contributed by atoms with Gasteiger partial charge in [-0.3, -0.25) is 10.3 Å². The third-order valence-electron chi connectivity index (χ3n) is 3.44. The summed E-state index contributed by atoms with van der Waals surface area (Å²) in [4.78, 5) is 6.54. The van der Waals surface area contributed by atoms with Crippen LogP contribution in [0, 0.1) is 0 Å². The Morgan fingerprint density at radius 2 is 2.40 bits per heavy atom. The zero-order chi connectivity index (χ0) is 14.0. The van der Waals surface area contributed by atoms with Gasteiger partial charge >= 0.3 is 0 Å². The van der Waals surface area contributed by atoms with Crippen LogP contribution in [0.15, 0.2) is 36.7 Å². The first-order chi connectivity index (χ1) is 9.90. The van der Waals surface area contributed by atoms with Crippen LogP contribution >= 0.6 is 0 Å². The second-order valence-corrected chi connectivity index (χ2v) is 5.02. The van der Waals surface area contributed by atoms with Crippen molar-refractivity contribution in [2.45, 2.75) is 32.4 Å². The Kier molecular flexibility index (Phi) is 6.54. The average Bonchev–Trinajstić information content (AvgIpc) is 2.74. The summed E-state index contributed by atoms with van der Waals surface area (Å²) < 4.78 is 5.85. The molecule has 1 aliphatic rings. The van der Waals surface area contributed by atoms with Gasteiger partial charge in [-0.2, -0.15) is 0 Å². The highest BCUT2D eigenvalue weighted by Crippen LogP contribution is 2.14. The molecule has 2 heterocycles. The Morgan fingerprint density at radius 3 is 3.20 bits per heavy atom. The first kappa shape index (κ1) is 15.0. The summed E-state index contributed by atoms with van der Waals surface area (Å²) in [5.41, 5.74) is 1.19. The second kappa shape index (κ2) is 8.72. The van der Waals surface area contributed by atoms with Crippen molar-refractivity contribution in [2.24, 2.45) is 0 Å². The van der Waals surface area contributed by atoms with Gasteiger partial charge in [0.05, 0.1) is 18.5 Å². The summed E-state index contributed by atoms with van der Waals surface area (Å²) in [7, 11) is 0. The SMILES string of the molecule is CCCC=CCOC1CCN(c2cccnc2)CCN1. The largest absolute Gasteiger partial charge is 0.369 e. The maximum Gasteiger partial charge on any atom is 0.110 e. The van der Waals surface area contributed by atoms with Gasteiger partial charge in [0.15, 0.2) is 0 Å². The molecule has 1 aromatic rings. The smallest absolute Gasteiger partial charge is 0.110 e. The van der Waals surface area contributed by atoms with Gasteiger partial charge < -0.3 is 9.64 Å². The fraction of sp³-hybridized carbons (Fsp3) is 0.562. The maximum atomic E-state index is 5.85. The molecule has 4 nitrogen and oxygen atoms in total. The number of nitrogens with one attached hydrogen (secondary N) is 1. The lowest BCUT2D eigenvalue weighted by atomic mass is 10.3. The average molecular weight is 275 g/mol. The number of ether oxygens (including phenoxy) is 1. The Hall–Kier alpha value is -1.39. The molecule has 0 aliphatic carbocycles. The van der Waals surface area contributed by atoms with Crippen LogP contribution < -0.4 is 10.2 Å². The van der Waals surface area contributed by atoms with Crippen molar-refractivity contribution >= 4 is 5.69 Å². The molecule has 0 saturated carbocycles. The summed E-state index contributed by atoms with van der Waals surface area (Å²) in [6.07, 6.45) is 11.5. The van der Waals surface area contributed by atoms with E-state index in [2.05, 4.69) is 40.3 Å². The van der Waals surface area contributed by atoms with Crippen molar-refractivity contribution in [3.05, 3.63) is 36.7 Å². The molecule has 1 aliphatic heterocycles. The fourth-order valence-corrected chi connectivity index (χ4v) is 2.31. The molecule has 1 unspecified atom stereocenters. The van der Waals surface area contributed by atoms with E-state index in [0.717, 1.165) is 32.5 Å². The first-order valence-electron chi connectivity index (χ1n) is 7.55. The fourth-order valence-electron chi connectivity index (χ4n) is 2.31. The molecular formula is C16H25N3O. The van der Waals surface area contributed by atoms with E-state index in [-0.39, 0.29) is 6.23 Å². The molecule has 1 atom stereocenters. The molecule has 1 fully saturated rings. The molecule has 20 heavy (non-hydrogen) atoms. The normalized spacial score (nSPS) is 20.2. The Labute approximate surface area is 121 Å². The van der Waals surface area contributed by atoms with Crippen LogP contribution in [0.5, 0.6) is 0 Å². The van der Waals surface area contributed by atoms with Gasteiger partial charge in [-0.15, -0.1) is 0 Å². The molecule has 0 radical (unpaired) electrons. The Balaban J connectivity index is 1.75. The van der Waals surface area contributed by atoms with Gasteiger partial charge in [0.25, 0.3) is 0 Å². The molecule has 2 rings (SSSR count). The number of aromatic nitrogens is 1. The lowest BCUT2D eigenvalue weighted by Gasteiger charge is -2.21. The van der Waals surface area contributed by atoms with E-state index in [0.29, 0.717) is 6.61 Å². The van der Waals surface area contributed by atoms with Crippen LogP contribution in [0.25, 0.3) is 0 Å². The van der Waals surface area contributed by atoms with Crippen LogP contribution in [0.3, 0.4) is 0 Å². The van der Waals surface area contributed by atoms with E-state index in [1.54, 1.807) is 0 Å². The van der Waals surface area contributed by atoms with Crippen LogP contribution in [0.4, 0.5) is 5.69 Å². The van der Waals surface area contributed by atoms with Crippen molar-refractivity contribution in [3.63, 3.8) is 0 Å². The van der Waals surface area contributed by atoms with Crippen molar-refractivity contribution in [1.29, 1.82) is 0 Å². The number of hydrogen-bond donors (Lipinski definition) is 1. The molecule has 0 aromatic carbocycles. The zero-order valence-corrected chi connectivity index (χ0v) is 12.3. The molecule has 1 N–H and O–H groups in total. The van der Waals surface area contributed by atoms with E-state index in [9.17, 15) is 0 Å². The quantitative estimate of drug-likeness (QED) is 0.810. The zero-order valence-electron chi connectivity index (χ0n) is 12.3. The maximum absolute atomic E-state index is 5.85. The van der Waals surface area contributed by atoms with Gasteiger partial charge in [0, 0.05) is 32.3 Å². The summed E-state index contributed by atoms with van der Waals surface area (Å²) >= 11 is 0. The number of nitrogens with zero attached hydrogens (tertiary/aromatic N) is 2. The van der Waals surface area contributed by atoms with E-state index < -0.39 is 0 Å². The monoisotopic (exact) mass is 275 g/mol. The number of rotatable bonds is 6. The molecule has 1 saturated heterocycles. The third-order valence-corrected chi connectivity index (χ3v) is 3.44. The van der Waals surface area contributed by atoms with Crippen molar-refractivity contribution in [1.82, 2.24) is 10.3 Å². The number of pyridine rings is 1. The number of allylic oxidation sites excluding steroid dienone is 1. The molecule has 0 bridgehead atoms. The topological polar surface area (TPSA) is 37.4 Å². The van der Waals surface area contributed by atoms with Crippen molar-refractivity contribution < 1.29 is 4.74 Å². The van der Waals surface area contributed by atoms with E-state index >= 15 is 0 Å². The molecule has 4 heteroatoms. The van der Waals surface area contributed by atoms with Gasteiger partial charge in [0.2, 0.25) is 0 Å². The van der Waals surface area contributed by atoms with Crippen molar-refractivity contribution in [3.8, 4) is 0 Å². The van der Waals surface area contributed by atoms with Crippen molar-refractivity contribution in [2.75, 3.05) is 31.1 Å². The van der Waals surface area contributed by atoms with Crippen LogP contribution in [0.1, 0.15) is 26.2 Å². The lowest BCUT2D eigenvalue weighted by Crippen LogP contribution is -2.32. The predicted octanol–water partition coefficient (Wildman–Crippen LogP) is 2.58. The van der Waals surface area contributed by atoms with Gasteiger partial charge in [0.1, 0.15) is 6.23 Å². The highest BCUT2D eigenvalue weighted by molar-refractivity contribution is 5.43. The second-order valence-electron chi connectivity index (χ2n) is 5.02. The highest BCUT2D eigenvalue weighted by Gasteiger charge is 2.16. The Bertz CT molecular complexity index is 394. The Morgan fingerprint density at radius 1 is 1.45 bits per heavy atom. The highest BCUT2D eigenvalue weighted by atomic mass is 16.5. The predicted molar refractivity (Wildman–Crippen MR) is 82.9 cm³/mol. The van der Waals surface area contributed by atoms with Crippen LogP contribution in [-0.2, 0) is 4.74 Å². The molecule has 1 aromatic heterocycles. The summed E-state index contributed by atoms with van der Waals surface area (Å²) in [6, 6.07) is 4.10. The third kappa shape index (κ3) is 4.94. The van der Waals surface area contributed by atoms with Gasteiger partial charge in [-0.05, 0) is 18.6 Å². The van der Waals surface area contributed by atoms with Crippen LogP contribution in [0.2, 0.25) is 0 Å². The molecule has 0 amide bonds. The van der Waals surface area contributed by atoms with Gasteiger partial charge in [-0.1, -0.05) is 25.5 Å². The standard InChI is InChI=1S/C16H25N3O/c1-2-3-4-5-13-20-16-8-11-19(12-10-18-16)15-7-6-9-17-14-15/h4-7,9,14,16,18H,2-3,8,10-13H2,1H3. The van der Waals surface area contributed by atoms with Gasteiger partial charge in [-0.25, -0.2) is 0 Å². The number of hydrogen-bond acceptors (Lipinski definition) is 4. The number of unbranched alkanes of at least 4 members (excludes halogenated alkanes) is 1. The van der Waals surface area contributed by atoms with E-state index in [1.165, 1.54) is 12.1 Å². The van der Waals surface area contributed by atoms with Crippen LogP contribution in [-0.4, -0.2) is 37.5 Å². The minimum Gasteiger partial charge on any atom is -0.369 e. The van der Waals surface area contributed by atoms with E-state index in [4.69, 9.17) is 4.74 Å². The summed E-state index contributed by atoms with van der Waals surface area (Å²) in [5, 5.41) is 3.45. The number of anilines is 1. The summed E-state index contributed by atoms with van der Waals surface area (Å²) in [5.74, 6) is 0. The minimum atomic E-state index is 0.156. The first-order valence-corrected chi connectivity index (χ1v) is 7.55. The molecular weight excluding hydrogens is 250 g/mol. The van der Waals surface area contributed by atoms with E-state index in [1.807, 2.05) is 18.5 Å². The minimum absolute atomic E-state index is 0.156.